The average Bonchev–Trinajstić information content (AvgIpc) is 2.46. The van der Waals surface area contributed by atoms with E-state index < -0.39 is 0 Å². The van der Waals surface area contributed by atoms with Gasteiger partial charge in [0, 0.05) is 12.6 Å². The van der Waals surface area contributed by atoms with Gasteiger partial charge in [0.2, 0.25) is 0 Å². The Labute approximate surface area is 115 Å². The fraction of sp³-hybridized carbons (Fsp3) is 0.294. The third kappa shape index (κ3) is 4.11. The van der Waals surface area contributed by atoms with E-state index in [-0.39, 0.29) is 0 Å². The molecule has 0 aliphatic rings. The second-order valence-corrected chi connectivity index (χ2v) is 4.59. The summed E-state index contributed by atoms with van der Waals surface area (Å²) >= 11 is 0. The highest BCUT2D eigenvalue weighted by Gasteiger charge is 2.04. The third-order valence-corrected chi connectivity index (χ3v) is 3.12. The average molecular weight is 255 g/mol. The molecule has 2 aromatic rings. The second kappa shape index (κ2) is 6.95. The maximum atomic E-state index is 5.51. The summed E-state index contributed by atoms with van der Waals surface area (Å²) in [6.45, 7) is 5.73. The zero-order chi connectivity index (χ0) is 13.5. The van der Waals surface area contributed by atoms with Crippen LogP contribution in [0.2, 0.25) is 0 Å². The van der Waals surface area contributed by atoms with Gasteiger partial charge in [0.05, 0.1) is 6.61 Å². The first-order chi connectivity index (χ1) is 9.29. The summed E-state index contributed by atoms with van der Waals surface area (Å²) in [6, 6.07) is 19.1. The first kappa shape index (κ1) is 13.6. The Balaban J connectivity index is 1.93. The Hall–Kier alpha value is -1.80. The van der Waals surface area contributed by atoms with Crippen LogP contribution >= 0.6 is 0 Å². The SMILES string of the molecule is CCOc1cccc(CN[C@@H](C)c2ccccc2)c1. The molecule has 0 aliphatic carbocycles. The fourth-order valence-corrected chi connectivity index (χ4v) is 2.04. The van der Waals surface area contributed by atoms with E-state index in [1.54, 1.807) is 0 Å². The van der Waals surface area contributed by atoms with E-state index in [0.717, 1.165) is 12.3 Å². The van der Waals surface area contributed by atoms with Crippen molar-refractivity contribution >= 4 is 0 Å². The Bertz CT molecular complexity index is 496. The Morgan fingerprint density at radius 2 is 1.84 bits per heavy atom. The van der Waals surface area contributed by atoms with E-state index in [1.807, 2.05) is 25.1 Å². The van der Waals surface area contributed by atoms with Crippen molar-refractivity contribution in [3.63, 3.8) is 0 Å². The number of benzene rings is 2. The molecule has 0 unspecified atom stereocenters. The second-order valence-electron chi connectivity index (χ2n) is 4.59. The van der Waals surface area contributed by atoms with Gasteiger partial charge in [-0.25, -0.2) is 0 Å². The van der Waals surface area contributed by atoms with E-state index in [9.17, 15) is 0 Å². The summed E-state index contributed by atoms with van der Waals surface area (Å²) in [5.41, 5.74) is 2.55. The molecule has 2 aromatic carbocycles. The summed E-state index contributed by atoms with van der Waals surface area (Å²) in [4.78, 5) is 0. The predicted octanol–water partition coefficient (Wildman–Crippen LogP) is 3.94. The van der Waals surface area contributed by atoms with Gasteiger partial charge in [0.15, 0.2) is 0 Å². The topological polar surface area (TPSA) is 21.3 Å². The van der Waals surface area contributed by atoms with Gasteiger partial charge in [-0.1, -0.05) is 42.5 Å². The molecule has 1 N–H and O–H groups in total. The molecule has 2 nitrogen and oxygen atoms in total. The van der Waals surface area contributed by atoms with Gasteiger partial charge in [0.1, 0.15) is 5.75 Å². The molecular formula is C17H21NO. The van der Waals surface area contributed by atoms with Crippen molar-refractivity contribution in [3.05, 3.63) is 65.7 Å². The Morgan fingerprint density at radius 1 is 1.05 bits per heavy atom. The lowest BCUT2D eigenvalue weighted by molar-refractivity contribution is 0.339. The maximum absolute atomic E-state index is 5.51. The van der Waals surface area contributed by atoms with Crippen LogP contribution in [-0.4, -0.2) is 6.61 Å². The molecule has 0 spiro atoms. The molecule has 0 aliphatic heterocycles. The molecule has 19 heavy (non-hydrogen) atoms. The fourth-order valence-electron chi connectivity index (χ4n) is 2.04. The normalized spacial score (nSPS) is 12.1. The smallest absolute Gasteiger partial charge is 0.119 e. The van der Waals surface area contributed by atoms with Crippen LogP contribution in [0, 0.1) is 0 Å². The van der Waals surface area contributed by atoms with Crippen LogP contribution in [0.3, 0.4) is 0 Å². The van der Waals surface area contributed by atoms with Crippen molar-refractivity contribution < 1.29 is 4.74 Å². The van der Waals surface area contributed by atoms with Gasteiger partial charge in [-0.05, 0) is 37.1 Å². The molecule has 1 atom stereocenters. The molecule has 0 bridgehead atoms. The number of rotatable bonds is 6. The van der Waals surface area contributed by atoms with Crippen LogP contribution in [0.1, 0.15) is 31.0 Å². The number of nitrogens with one attached hydrogen (secondary N) is 1. The van der Waals surface area contributed by atoms with Crippen LogP contribution in [0.25, 0.3) is 0 Å². The van der Waals surface area contributed by atoms with Crippen molar-refractivity contribution in [3.8, 4) is 5.75 Å². The quantitative estimate of drug-likeness (QED) is 0.844. The Kier molecular flexibility index (Phi) is 4.99. The summed E-state index contributed by atoms with van der Waals surface area (Å²) in [5.74, 6) is 0.939. The molecule has 0 saturated heterocycles. The van der Waals surface area contributed by atoms with Crippen LogP contribution in [0.4, 0.5) is 0 Å². The van der Waals surface area contributed by atoms with Crippen LogP contribution in [0.15, 0.2) is 54.6 Å². The summed E-state index contributed by atoms with van der Waals surface area (Å²) in [6.07, 6.45) is 0. The number of ether oxygens (including phenoxy) is 1. The van der Waals surface area contributed by atoms with E-state index in [0.29, 0.717) is 12.6 Å². The van der Waals surface area contributed by atoms with Crippen LogP contribution in [0.5, 0.6) is 5.75 Å². The van der Waals surface area contributed by atoms with Gasteiger partial charge in [-0.15, -0.1) is 0 Å². The highest BCUT2D eigenvalue weighted by molar-refractivity contribution is 5.28. The predicted molar refractivity (Wildman–Crippen MR) is 79.3 cm³/mol. The van der Waals surface area contributed by atoms with Crippen LogP contribution < -0.4 is 10.1 Å². The van der Waals surface area contributed by atoms with Crippen molar-refractivity contribution in [2.45, 2.75) is 26.4 Å². The molecule has 0 saturated carbocycles. The lowest BCUT2D eigenvalue weighted by atomic mass is 10.1. The minimum absolute atomic E-state index is 0.344. The molecular weight excluding hydrogens is 234 g/mol. The zero-order valence-corrected chi connectivity index (χ0v) is 11.6. The minimum atomic E-state index is 0.344. The number of hydrogen-bond acceptors (Lipinski definition) is 2. The van der Waals surface area contributed by atoms with Gasteiger partial charge in [-0.2, -0.15) is 0 Å². The summed E-state index contributed by atoms with van der Waals surface area (Å²) in [5, 5.41) is 3.53. The van der Waals surface area contributed by atoms with Crippen molar-refractivity contribution in [1.29, 1.82) is 0 Å². The Morgan fingerprint density at radius 3 is 2.58 bits per heavy atom. The van der Waals surface area contributed by atoms with Gasteiger partial charge >= 0.3 is 0 Å². The summed E-state index contributed by atoms with van der Waals surface area (Å²) in [7, 11) is 0. The maximum Gasteiger partial charge on any atom is 0.119 e. The van der Waals surface area contributed by atoms with E-state index in [1.165, 1.54) is 11.1 Å². The third-order valence-electron chi connectivity index (χ3n) is 3.12. The number of hydrogen-bond donors (Lipinski definition) is 1. The first-order valence-electron chi connectivity index (χ1n) is 6.79. The molecule has 100 valence electrons. The van der Waals surface area contributed by atoms with E-state index in [4.69, 9.17) is 4.74 Å². The van der Waals surface area contributed by atoms with Crippen molar-refractivity contribution in [1.82, 2.24) is 5.32 Å². The molecule has 0 radical (unpaired) electrons. The van der Waals surface area contributed by atoms with E-state index >= 15 is 0 Å². The van der Waals surface area contributed by atoms with Gasteiger partial charge in [-0.3, -0.25) is 0 Å². The largest absolute Gasteiger partial charge is 0.494 e. The monoisotopic (exact) mass is 255 g/mol. The summed E-state index contributed by atoms with van der Waals surface area (Å²) < 4.78 is 5.51. The molecule has 2 rings (SSSR count). The molecule has 2 heteroatoms. The van der Waals surface area contributed by atoms with E-state index in [2.05, 4.69) is 48.6 Å². The zero-order valence-electron chi connectivity index (χ0n) is 11.6. The van der Waals surface area contributed by atoms with Gasteiger partial charge < -0.3 is 10.1 Å². The minimum Gasteiger partial charge on any atom is -0.494 e. The highest BCUT2D eigenvalue weighted by Crippen LogP contribution is 2.15. The molecule has 0 fully saturated rings. The van der Waals surface area contributed by atoms with Crippen LogP contribution in [-0.2, 0) is 6.54 Å². The van der Waals surface area contributed by atoms with Crippen molar-refractivity contribution in [2.24, 2.45) is 0 Å². The lowest BCUT2D eigenvalue weighted by Crippen LogP contribution is -2.17. The van der Waals surface area contributed by atoms with Gasteiger partial charge in [0.25, 0.3) is 0 Å². The molecule has 0 heterocycles. The first-order valence-corrected chi connectivity index (χ1v) is 6.79. The molecule has 0 aromatic heterocycles. The standard InChI is InChI=1S/C17H21NO/c1-3-19-17-11-7-8-15(12-17)13-18-14(2)16-9-5-4-6-10-16/h4-12,14,18H,3,13H2,1-2H3/t14-/m0/s1. The highest BCUT2D eigenvalue weighted by atomic mass is 16.5. The molecule has 0 amide bonds. The lowest BCUT2D eigenvalue weighted by Gasteiger charge is -2.14. The van der Waals surface area contributed by atoms with Crippen molar-refractivity contribution in [2.75, 3.05) is 6.61 Å².